The lowest BCUT2D eigenvalue weighted by atomic mass is 10.2. The SMILES string of the molecule is COc1cnccc1C(=O)Nc1cnc(Br)c(C)c1. The fourth-order valence-electron chi connectivity index (χ4n) is 1.56. The van der Waals surface area contributed by atoms with E-state index in [2.05, 4.69) is 31.2 Å². The molecule has 6 heteroatoms. The summed E-state index contributed by atoms with van der Waals surface area (Å²) >= 11 is 3.31. The lowest BCUT2D eigenvalue weighted by Crippen LogP contribution is -2.13. The van der Waals surface area contributed by atoms with Crippen molar-refractivity contribution in [3.63, 3.8) is 0 Å². The van der Waals surface area contributed by atoms with Crippen LogP contribution in [0.1, 0.15) is 15.9 Å². The number of carbonyl (C=O) groups is 1. The van der Waals surface area contributed by atoms with E-state index < -0.39 is 0 Å². The molecule has 1 amide bonds. The second kappa shape index (κ2) is 5.79. The van der Waals surface area contributed by atoms with Gasteiger partial charge in [0.15, 0.2) is 0 Å². The molecular formula is C13H12BrN3O2. The number of ether oxygens (including phenoxy) is 1. The van der Waals surface area contributed by atoms with Crippen molar-refractivity contribution < 1.29 is 9.53 Å². The number of hydrogen-bond acceptors (Lipinski definition) is 4. The number of halogens is 1. The highest BCUT2D eigenvalue weighted by molar-refractivity contribution is 9.10. The summed E-state index contributed by atoms with van der Waals surface area (Å²) < 4.78 is 5.86. The maximum absolute atomic E-state index is 12.1. The van der Waals surface area contributed by atoms with Crippen molar-refractivity contribution in [3.05, 3.63) is 46.5 Å². The van der Waals surface area contributed by atoms with Crippen LogP contribution in [0.2, 0.25) is 0 Å². The van der Waals surface area contributed by atoms with E-state index in [1.807, 2.05) is 13.0 Å². The number of aromatic nitrogens is 2. The summed E-state index contributed by atoms with van der Waals surface area (Å²) in [5.41, 5.74) is 2.00. The molecule has 19 heavy (non-hydrogen) atoms. The molecule has 0 aliphatic rings. The first-order valence-corrected chi connectivity index (χ1v) is 6.32. The fraction of sp³-hybridized carbons (Fsp3) is 0.154. The summed E-state index contributed by atoms with van der Waals surface area (Å²) in [5, 5.41) is 2.77. The predicted molar refractivity (Wildman–Crippen MR) is 75.4 cm³/mol. The van der Waals surface area contributed by atoms with Gasteiger partial charge in [-0.25, -0.2) is 4.98 Å². The number of nitrogens with one attached hydrogen (secondary N) is 1. The zero-order valence-electron chi connectivity index (χ0n) is 10.5. The van der Waals surface area contributed by atoms with Gasteiger partial charge in [0, 0.05) is 6.20 Å². The van der Waals surface area contributed by atoms with Gasteiger partial charge in [-0.05, 0) is 40.5 Å². The van der Waals surface area contributed by atoms with Crippen molar-refractivity contribution in [1.29, 1.82) is 0 Å². The molecule has 1 N–H and O–H groups in total. The highest BCUT2D eigenvalue weighted by Gasteiger charge is 2.12. The van der Waals surface area contributed by atoms with E-state index >= 15 is 0 Å². The molecule has 2 aromatic heterocycles. The van der Waals surface area contributed by atoms with Gasteiger partial charge >= 0.3 is 0 Å². The number of nitrogens with zero attached hydrogens (tertiary/aromatic N) is 2. The van der Waals surface area contributed by atoms with Crippen LogP contribution in [0.5, 0.6) is 5.75 Å². The lowest BCUT2D eigenvalue weighted by Gasteiger charge is -2.09. The molecule has 0 unspecified atom stereocenters. The summed E-state index contributed by atoms with van der Waals surface area (Å²) in [6.07, 6.45) is 4.63. The van der Waals surface area contributed by atoms with E-state index in [1.54, 1.807) is 18.5 Å². The molecule has 98 valence electrons. The minimum absolute atomic E-state index is 0.261. The van der Waals surface area contributed by atoms with Crippen molar-refractivity contribution in [3.8, 4) is 5.75 Å². The Balaban J connectivity index is 2.23. The first kappa shape index (κ1) is 13.5. The third-order valence-corrected chi connectivity index (χ3v) is 3.35. The molecule has 0 saturated carbocycles. The number of carbonyl (C=O) groups excluding carboxylic acids is 1. The number of anilines is 1. The normalized spacial score (nSPS) is 10.1. The van der Waals surface area contributed by atoms with Crippen LogP contribution in [0.25, 0.3) is 0 Å². The molecule has 2 rings (SSSR count). The van der Waals surface area contributed by atoms with Crippen molar-refractivity contribution in [2.45, 2.75) is 6.92 Å². The van der Waals surface area contributed by atoms with Gasteiger partial charge in [0.1, 0.15) is 10.4 Å². The van der Waals surface area contributed by atoms with Crippen LogP contribution in [-0.4, -0.2) is 23.0 Å². The lowest BCUT2D eigenvalue weighted by molar-refractivity contribution is 0.102. The first-order chi connectivity index (χ1) is 9.11. The van der Waals surface area contributed by atoms with Crippen molar-refractivity contribution in [1.82, 2.24) is 9.97 Å². The van der Waals surface area contributed by atoms with E-state index in [9.17, 15) is 4.79 Å². The summed E-state index contributed by atoms with van der Waals surface area (Å²) in [4.78, 5) is 20.2. The van der Waals surface area contributed by atoms with Crippen LogP contribution >= 0.6 is 15.9 Å². The highest BCUT2D eigenvalue weighted by Crippen LogP contribution is 2.20. The third-order valence-electron chi connectivity index (χ3n) is 2.52. The molecule has 0 aliphatic carbocycles. The number of pyridine rings is 2. The molecular weight excluding hydrogens is 310 g/mol. The van der Waals surface area contributed by atoms with Gasteiger partial charge in [-0.2, -0.15) is 0 Å². The summed E-state index contributed by atoms with van der Waals surface area (Å²) in [6, 6.07) is 3.44. The van der Waals surface area contributed by atoms with E-state index in [-0.39, 0.29) is 5.91 Å². The Morgan fingerprint density at radius 3 is 2.89 bits per heavy atom. The van der Waals surface area contributed by atoms with Gasteiger partial charge in [0.2, 0.25) is 0 Å². The molecule has 0 fully saturated rings. The van der Waals surface area contributed by atoms with E-state index in [4.69, 9.17) is 4.74 Å². The quantitative estimate of drug-likeness (QED) is 0.883. The molecule has 5 nitrogen and oxygen atoms in total. The van der Waals surface area contributed by atoms with Crippen molar-refractivity contribution in [2.24, 2.45) is 0 Å². The maximum atomic E-state index is 12.1. The van der Waals surface area contributed by atoms with Gasteiger partial charge < -0.3 is 10.1 Å². The highest BCUT2D eigenvalue weighted by atomic mass is 79.9. The Hall–Kier alpha value is -1.95. The van der Waals surface area contributed by atoms with Crippen LogP contribution in [0.4, 0.5) is 5.69 Å². The Kier molecular flexibility index (Phi) is 4.11. The Morgan fingerprint density at radius 1 is 1.42 bits per heavy atom. The zero-order chi connectivity index (χ0) is 13.8. The molecule has 0 radical (unpaired) electrons. The van der Waals surface area contributed by atoms with E-state index in [0.29, 0.717) is 17.0 Å². The largest absolute Gasteiger partial charge is 0.494 e. The van der Waals surface area contributed by atoms with Gasteiger partial charge in [-0.15, -0.1) is 0 Å². The zero-order valence-corrected chi connectivity index (χ0v) is 12.1. The Labute approximate surface area is 119 Å². The van der Waals surface area contributed by atoms with Gasteiger partial charge in [0.25, 0.3) is 5.91 Å². The predicted octanol–water partition coefficient (Wildman–Crippen LogP) is 2.81. The summed E-state index contributed by atoms with van der Waals surface area (Å²) in [7, 11) is 1.50. The average molecular weight is 322 g/mol. The minimum Gasteiger partial charge on any atom is -0.494 e. The van der Waals surface area contributed by atoms with Crippen LogP contribution in [0, 0.1) is 6.92 Å². The Bertz CT molecular complexity index is 617. The van der Waals surface area contributed by atoms with Crippen LogP contribution in [-0.2, 0) is 0 Å². The summed E-state index contributed by atoms with van der Waals surface area (Å²) in [5.74, 6) is 0.171. The molecule has 0 atom stereocenters. The van der Waals surface area contributed by atoms with Gasteiger partial charge in [-0.1, -0.05) is 0 Å². The Morgan fingerprint density at radius 2 is 2.21 bits per heavy atom. The second-order valence-electron chi connectivity index (χ2n) is 3.86. The smallest absolute Gasteiger partial charge is 0.259 e. The maximum Gasteiger partial charge on any atom is 0.259 e. The van der Waals surface area contributed by atoms with Crippen LogP contribution in [0.15, 0.2) is 35.3 Å². The molecule has 2 aromatic rings. The van der Waals surface area contributed by atoms with E-state index in [1.165, 1.54) is 13.3 Å². The topological polar surface area (TPSA) is 64.1 Å². The first-order valence-electron chi connectivity index (χ1n) is 5.53. The van der Waals surface area contributed by atoms with Gasteiger partial charge in [0.05, 0.1) is 30.8 Å². The van der Waals surface area contributed by atoms with E-state index in [0.717, 1.165) is 10.2 Å². The number of hydrogen-bond donors (Lipinski definition) is 1. The number of amides is 1. The molecule has 0 saturated heterocycles. The van der Waals surface area contributed by atoms with Crippen LogP contribution in [0.3, 0.4) is 0 Å². The van der Waals surface area contributed by atoms with Crippen molar-refractivity contribution in [2.75, 3.05) is 12.4 Å². The molecule has 0 spiro atoms. The molecule has 2 heterocycles. The molecule has 0 aliphatic heterocycles. The van der Waals surface area contributed by atoms with Crippen molar-refractivity contribution >= 4 is 27.5 Å². The molecule has 0 aromatic carbocycles. The third kappa shape index (κ3) is 3.08. The molecule has 0 bridgehead atoms. The summed E-state index contributed by atoms with van der Waals surface area (Å²) in [6.45, 7) is 1.90. The van der Waals surface area contributed by atoms with Crippen LogP contribution < -0.4 is 10.1 Å². The fourth-order valence-corrected chi connectivity index (χ4v) is 1.77. The standard InChI is InChI=1S/C13H12BrN3O2/c1-8-5-9(6-16-12(8)14)17-13(18)10-3-4-15-7-11(10)19-2/h3-7H,1-2H3,(H,17,18). The monoisotopic (exact) mass is 321 g/mol. The number of aryl methyl sites for hydroxylation is 1. The minimum atomic E-state index is -0.261. The number of methoxy groups -OCH3 is 1. The number of rotatable bonds is 3. The second-order valence-corrected chi connectivity index (χ2v) is 4.61. The average Bonchev–Trinajstić information content (AvgIpc) is 2.43. The van der Waals surface area contributed by atoms with Gasteiger partial charge in [-0.3, -0.25) is 9.78 Å².